The fourth-order valence-electron chi connectivity index (χ4n) is 3.69. The summed E-state index contributed by atoms with van der Waals surface area (Å²) >= 11 is 0. The highest BCUT2D eigenvalue weighted by Crippen LogP contribution is 2.29. The lowest BCUT2D eigenvalue weighted by molar-refractivity contribution is -0.137. The van der Waals surface area contributed by atoms with Crippen LogP contribution in [0.5, 0.6) is 0 Å². The van der Waals surface area contributed by atoms with Crippen molar-refractivity contribution in [2.24, 2.45) is 5.92 Å². The van der Waals surface area contributed by atoms with Crippen molar-refractivity contribution in [2.45, 2.75) is 44.8 Å². The molecular formula is C22H28F3N5O. The lowest BCUT2D eigenvalue weighted by atomic mass is 9.86. The Kier molecular flexibility index (Phi) is 7.02. The van der Waals surface area contributed by atoms with E-state index in [-0.39, 0.29) is 17.5 Å². The lowest BCUT2D eigenvalue weighted by Crippen LogP contribution is -2.38. The van der Waals surface area contributed by atoms with E-state index in [1.807, 2.05) is 32.0 Å². The number of amides is 1. The van der Waals surface area contributed by atoms with Crippen molar-refractivity contribution in [3.8, 4) is 0 Å². The monoisotopic (exact) mass is 435 g/mol. The van der Waals surface area contributed by atoms with Gasteiger partial charge in [0.2, 0.25) is 5.95 Å². The van der Waals surface area contributed by atoms with Crippen molar-refractivity contribution >= 4 is 17.7 Å². The van der Waals surface area contributed by atoms with Gasteiger partial charge < -0.3 is 15.5 Å². The van der Waals surface area contributed by atoms with E-state index in [9.17, 15) is 18.0 Å². The minimum absolute atomic E-state index is 0.0293. The molecule has 1 saturated carbocycles. The number of carbonyl (C=O) groups is 1. The molecule has 1 aliphatic carbocycles. The highest BCUT2D eigenvalue weighted by Gasteiger charge is 2.30. The van der Waals surface area contributed by atoms with Gasteiger partial charge in [0.25, 0.3) is 5.91 Å². The number of hydrogen-bond donors (Lipinski definition) is 2. The zero-order chi connectivity index (χ0) is 22.6. The SMILES string of the molecule is Cc1cc(N(C)C)nc(NC[C@H]2CC[C@@H](NC(=O)c3ccc(C(F)(F)F)cc3)CC2)n1. The molecule has 0 aliphatic heterocycles. The number of aromatic nitrogens is 2. The largest absolute Gasteiger partial charge is 0.416 e. The number of carbonyl (C=O) groups excluding carboxylic acids is 1. The Morgan fingerprint density at radius 3 is 2.32 bits per heavy atom. The van der Waals surface area contributed by atoms with Crippen LogP contribution < -0.4 is 15.5 Å². The molecule has 1 heterocycles. The summed E-state index contributed by atoms with van der Waals surface area (Å²) in [5.74, 6) is 1.58. The van der Waals surface area contributed by atoms with Gasteiger partial charge in [-0.25, -0.2) is 4.98 Å². The molecule has 1 aromatic carbocycles. The topological polar surface area (TPSA) is 70.2 Å². The maximum absolute atomic E-state index is 12.7. The second-order valence-corrected chi connectivity index (χ2v) is 8.23. The number of anilines is 2. The van der Waals surface area contributed by atoms with Gasteiger partial charge in [0.05, 0.1) is 5.56 Å². The van der Waals surface area contributed by atoms with Crippen LogP contribution in [-0.2, 0) is 6.18 Å². The van der Waals surface area contributed by atoms with Crippen molar-refractivity contribution in [1.82, 2.24) is 15.3 Å². The van der Waals surface area contributed by atoms with E-state index in [1.165, 1.54) is 12.1 Å². The number of halogens is 3. The summed E-state index contributed by atoms with van der Waals surface area (Å²) in [6.45, 7) is 2.69. The second-order valence-electron chi connectivity index (χ2n) is 8.23. The van der Waals surface area contributed by atoms with Crippen molar-refractivity contribution in [3.63, 3.8) is 0 Å². The smallest absolute Gasteiger partial charge is 0.363 e. The third-order valence-corrected chi connectivity index (χ3v) is 5.50. The molecule has 0 bridgehead atoms. The number of rotatable bonds is 6. The molecule has 168 valence electrons. The van der Waals surface area contributed by atoms with Gasteiger partial charge in [-0.3, -0.25) is 4.79 Å². The van der Waals surface area contributed by atoms with Crippen molar-refractivity contribution < 1.29 is 18.0 Å². The second kappa shape index (κ2) is 9.53. The van der Waals surface area contributed by atoms with Crippen LogP contribution in [0, 0.1) is 12.8 Å². The van der Waals surface area contributed by atoms with Crippen molar-refractivity contribution in [1.29, 1.82) is 0 Å². The van der Waals surface area contributed by atoms with E-state index in [0.29, 0.717) is 11.9 Å². The highest BCUT2D eigenvalue weighted by atomic mass is 19.4. The van der Waals surface area contributed by atoms with E-state index in [4.69, 9.17) is 0 Å². The molecule has 1 aliphatic rings. The number of nitrogens with one attached hydrogen (secondary N) is 2. The minimum Gasteiger partial charge on any atom is -0.363 e. The number of hydrogen-bond acceptors (Lipinski definition) is 5. The Balaban J connectivity index is 1.46. The van der Waals surface area contributed by atoms with Crippen molar-refractivity contribution in [3.05, 3.63) is 47.2 Å². The minimum atomic E-state index is -4.40. The van der Waals surface area contributed by atoms with E-state index in [0.717, 1.165) is 55.9 Å². The molecule has 31 heavy (non-hydrogen) atoms. The quantitative estimate of drug-likeness (QED) is 0.709. The van der Waals surface area contributed by atoms with Gasteiger partial charge in [0.15, 0.2) is 0 Å². The molecule has 0 unspecified atom stereocenters. The number of alkyl halides is 3. The lowest BCUT2D eigenvalue weighted by Gasteiger charge is -2.29. The average molecular weight is 435 g/mol. The van der Waals surface area contributed by atoms with Crippen LogP contribution >= 0.6 is 0 Å². The normalized spacial score (nSPS) is 19.0. The Morgan fingerprint density at radius 1 is 1.10 bits per heavy atom. The number of aryl methyl sites for hydroxylation is 1. The van der Waals surface area contributed by atoms with E-state index < -0.39 is 11.7 Å². The van der Waals surface area contributed by atoms with Gasteiger partial charge in [0, 0.05) is 44.0 Å². The van der Waals surface area contributed by atoms with Crippen LogP contribution in [0.1, 0.15) is 47.3 Å². The molecule has 1 fully saturated rings. The fourth-order valence-corrected chi connectivity index (χ4v) is 3.69. The summed E-state index contributed by atoms with van der Waals surface area (Å²) < 4.78 is 38.0. The zero-order valence-electron chi connectivity index (χ0n) is 18.0. The molecule has 1 aromatic heterocycles. The van der Waals surface area contributed by atoms with Crippen LogP contribution in [0.25, 0.3) is 0 Å². The van der Waals surface area contributed by atoms with E-state index >= 15 is 0 Å². The fraction of sp³-hybridized carbons (Fsp3) is 0.500. The van der Waals surface area contributed by atoms with E-state index in [2.05, 4.69) is 20.6 Å². The molecule has 2 aromatic rings. The standard InChI is InChI=1S/C22H28F3N5O/c1-14-12-19(30(2)3)29-21(27-14)26-13-15-4-10-18(11-5-15)28-20(31)16-6-8-17(9-7-16)22(23,24)25/h6-9,12,15,18H,4-5,10-11,13H2,1-3H3,(H,28,31)(H,26,27,29)/t15-,18+. The molecule has 9 heteroatoms. The summed E-state index contributed by atoms with van der Waals surface area (Å²) in [5, 5.41) is 6.27. The van der Waals surface area contributed by atoms with Crippen LogP contribution in [0.15, 0.2) is 30.3 Å². The molecule has 0 atom stereocenters. The molecule has 0 radical (unpaired) electrons. The third kappa shape index (κ3) is 6.32. The van der Waals surface area contributed by atoms with Gasteiger partial charge in [-0.1, -0.05) is 0 Å². The van der Waals surface area contributed by atoms with Gasteiger partial charge >= 0.3 is 6.18 Å². The van der Waals surface area contributed by atoms with Gasteiger partial charge in [-0.2, -0.15) is 18.2 Å². The maximum Gasteiger partial charge on any atom is 0.416 e. The number of benzene rings is 1. The highest BCUT2D eigenvalue weighted by molar-refractivity contribution is 5.94. The Labute approximate surface area is 180 Å². The Morgan fingerprint density at radius 2 is 1.74 bits per heavy atom. The first-order valence-electron chi connectivity index (χ1n) is 10.4. The molecule has 1 amide bonds. The first-order valence-corrected chi connectivity index (χ1v) is 10.4. The Hall–Kier alpha value is -2.84. The summed E-state index contributed by atoms with van der Waals surface area (Å²) in [5.41, 5.74) is 0.383. The summed E-state index contributed by atoms with van der Waals surface area (Å²) in [7, 11) is 3.87. The van der Waals surface area contributed by atoms with Crippen molar-refractivity contribution in [2.75, 3.05) is 30.9 Å². The molecule has 6 nitrogen and oxygen atoms in total. The van der Waals surface area contributed by atoms with Gasteiger partial charge in [0.1, 0.15) is 5.82 Å². The Bertz CT molecular complexity index is 891. The molecule has 0 spiro atoms. The predicted octanol–water partition coefficient (Wildman–Crippen LogP) is 4.27. The number of nitrogens with zero attached hydrogens (tertiary/aromatic N) is 3. The van der Waals surface area contributed by atoms with Gasteiger partial charge in [-0.05, 0) is 62.8 Å². The average Bonchev–Trinajstić information content (AvgIpc) is 2.72. The molecular weight excluding hydrogens is 407 g/mol. The predicted molar refractivity (Wildman–Crippen MR) is 114 cm³/mol. The molecule has 2 N–H and O–H groups in total. The first kappa shape index (κ1) is 22.8. The molecule has 0 saturated heterocycles. The van der Waals surface area contributed by atoms with Gasteiger partial charge in [-0.15, -0.1) is 0 Å². The zero-order valence-corrected chi connectivity index (χ0v) is 18.0. The summed E-state index contributed by atoms with van der Waals surface area (Å²) in [6, 6.07) is 6.27. The van der Waals surface area contributed by atoms with E-state index in [1.54, 1.807) is 0 Å². The first-order chi connectivity index (χ1) is 14.6. The molecule has 3 rings (SSSR count). The van der Waals surface area contributed by atoms with Crippen LogP contribution in [0.4, 0.5) is 24.9 Å². The van der Waals surface area contributed by atoms with Crippen LogP contribution in [0.2, 0.25) is 0 Å². The third-order valence-electron chi connectivity index (χ3n) is 5.50. The van der Waals surface area contributed by atoms with Crippen LogP contribution in [-0.4, -0.2) is 42.6 Å². The summed E-state index contributed by atoms with van der Waals surface area (Å²) in [4.78, 5) is 23.2. The summed E-state index contributed by atoms with van der Waals surface area (Å²) in [6.07, 6.45) is -0.861. The maximum atomic E-state index is 12.7. The van der Waals surface area contributed by atoms with Crippen LogP contribution in [0.3, 0.4) is 0 Å².